The third-order valence-corrected chi connectivity index (χ3v) is 5.74. The molecule has 0 saturated carbocycles. The first kappa shape index (κ1) is 20.7. The number of aromatic hydroxyl groups is 1. The Hall–Kier alpha value is -2.04. The summed E-state index contributed by atoms with van der Waals surface area (Å²) in [4.78, 5) is 9.92. The molecular formula is C23H34N2O3. The van der Waals surface area contributed by atoms with Gasteiger partial charge in [0.15, 0.2) is 11.8 Å². The van der Waals surface area contributed by atoms with Crippen molar-refractivity contribution in [3.05, 3.63) is 29.8 Å². The Morgan fingerprint density at radius 3 is 1.61 bits per heavy atom. The molecule has 1 aromatic rings. The molecule has 0 amide bonds. The molecule has 3 rings (SSSR count). The van der Waals surface area contributed by atoms with Crippen LogP contribution in [-0.4, -0.2) is 42.2 Å². The van der Waals surface area contributed by atoms with Crippen LogP contribution in [0.1, 0.15) is 54.0 Å². The summed E-state index contributed by atoms with van der Waals surface area (Å²) in [5.41, 5.74) is 0.578. The Morgan fingerprint density at radius 1 is 0.821 bits per heavy atom. The van der Waals surface area contributed by atoms with E-state index in [0.29, 0.717) is 31.4 Å². The van der Waals surface area contributed by atoms with Crippen molar-refractivity contribution in [3.8, 4) is 5.75 Å². The largest absolute Gasteiger partial charge is 0.508 e. The zero-order valence-electron chi connectivity index (χ0n) is 18.2. The number of rotatable bonds is 4. The van der Waals surface area contributed by atoms with Crippen molar-refractivity contribution in [2.24, 2.45) is 26.2 Å². The fourth-order valence-corrected chi connectivity index (χ4v) is 3.50. The third-order valence-electron chi connectivity index (χ3n) is 5.74. The van der Waals surface area contributed by atoms with E-state index in [4.69, 9.17) is 19.5 Å². The molecule has 0 unspecified atom stereocenters. The van der Waals surface area contributed by atoms with Crippen LogP contribution < -0.4 is 0 Å². The van der Waals surface area contributed by atoms with E-state index in [1.165, 1.54) is 0 Å². The second-order valence-corrected chi connectivity index (χ2v) is 10.4. The van der Waals surface area contributed by atoms with Crippen LogP contribution in [0.2, 0.25) is 0 Å². The van der Waals surface area contributed by atoms with E-state index in [0.717, 1.165) is 5.56 Å². The van der Waals surface area contributed by atoms with Gasteiger partial charge in [-0.1, -0.05) is 53.7 Å². The highest BCUT2D eigenvalue weighted by atomic mass is 16.5. The molecule has 28 heavy (non-hydrogen) atoms. The van der Waals surface area contributed by atoms with Crippen molar-refractivity contribution < 1.29 is 14.6 Å². The summed E-state index contributed by atoms with van der Waals surface area (Å²) < 4.78 is 12.3. The van der Waals surface area contributed by atoms with E-state index in [2.05, 4.69) is 48.5 Å². The molecule has 0 aromatic heterocycles. The normalized spacial score (nSPS) is 23.1. The lowest BCUT2D eigenvalue weighted by Crippen LogP contribution is -2.39. The van der Waals surface area contributed by atoms with E-state index in [9.17, 15) is 5.11 Å². The number of nitrogens with zero attached hydrogens (tertiary/aromatic N) is 2. The van der Waals surface area contributed by atoms with Gasteiger partial charge in [-0.2, -0.15) is 0 Å². The Balaban J connectivity index is 1.98. The average Bonchev–Trinajstić information content (AvgIpc) is 3.26. The molecule has 0 spiro atoms. The number of ether oxygens (including phenoxy) is 2. The molecule has 2 aliphatic heterocycles. The van der Waals surface area contributed by atoms with Crippen LogP contribution in [0.5, 0.6) is 5.75 Å². The van der Waals surface area contributed by atoms with Gasteiger partial charge in [-0.05, 0) is 41.9 Å². The molecule has 2 heterocycles. The zero-order chi connectivity index (χ0) is 20.7. The highest BCUT2D eigenvalue weighted by Crippen LogP contribution is 2.38. The second kappa shape index (κ2) is 7.09. The van der Waals surface area contributed by atoms with Gasteiger partial charge < -0.3 is 14.6 Å². The minimum Gasteiger partial charge on any atom is -0.508 e. The maximum atomic E-state index is 9.63. The van der Waals surface area contributed by atoms with Gasteiger partial charge in [0.25, 0.3) is 0 Å². The standard InChI is InChI=1S/C23H34N2O3/c1-21(2,3)17-13-27-19(24-17)23(7,12-15-8-10-16(26)11-9-15)20-25-18(14-28-20)22(4,5)6/h8-11,17-18,26H,12-14H2,1-7H3/t17-,18-/m1/s1. The van der Waals surface area contributed by atoms with Crippen molar-refractivity contribution in [2.45, 2.75) is 67.0 Å². The van der Waals surface area contributed by atoms with Gasteiger partial charge >= 0.3 is 0 Å². The lowest BCUT2D eigenvalue weighted by Gasteiger charge is -2.28. The van der Waals surface area contributed by atoms with Gasteiger partial charge in [0.2, 0.25) is 0 Å². The van der Waals surface area contributed by atoms with Crippen molar-refractivity contribution in [2.75, 3.05) is 13.2 Å². The van der Waals surface area contributed by atoms with Gasteiger partial charge in [0.1, 0.15) is 24.4 Å². The van der Waals surface area contributed by atoms with Crippen LogP contribution in [0.4, 0.5) is 0 Å². The number of hydrogen-bond acceptors (Lipinski definition) is 5. The number of benzene rings is 1. The zero-order valence-corrected chi connectivity index (χ0v) is 18.2. The highest BCUT2D eigenvalue weighted by molar-refractivity contribution is 6.06. The summed E-state index contributed by atoms with van der Waals surface area (Å²) in [5, 5.41) is 9.63. The number of phenolic OH excluding ortho intramolecular Hbond substituents is 1. The van der Waals surface area contributed by atoms with Crippen LogP contribution in [0, 0.1) is 16.2 Å². The Kier molecular flexibility index (Phi) is 5.24. The van der Waals surface area contributed by atoms with E-state index >= 15 is 0 Å². The van der Waals surface area contributed by atoms with Gasteiger partial charge in [0.05, 0.1) is 12.1 Å². The lowest BCUT2D eigenvalue weighted by atomic mass is 9.82. The Morgan fingerprint density at radius 2 is 1.25 bits per heavy atom. The lowest BCUT2D eigenvalue weighted by molar-refractivity contribution is 0.210. The molecule has 154 valence electrons. The van der Waals surface area contributed by atoms with Crippen molar-refractivity contribution >= 4 is 11.8 Å². The summed E-state index contributed by atoms with van der Waals surface area (Å²) >= 11 is 0. The predicted octanol–water partition coefficient (Wildman–Crippen LogP) is 4.63. The van der Waals surface area contributed by atoms with E-state index < -0.39 is 5.41 Å². The maximum Gasteiger partial charge on any atom is 0.199 e. The summed E-state index contributed by atoms with van der Waals surface area (Å²) in [7, 11) is 0. The smallest absolute Gasteiger partial charge is 0.199 e. The summed E-state index contributed by atoms with van der Waals surface area (Å²) in [6.07, 6.45) is 0.651. The van der Waals surface area contributed by atoms with E-state index in [1.807, 2.05) is 12.1 Å². The molecule has 0 fully saturated rings. The van der Waals surface area contributed by atoms with Crippen molar-refractivity contribution in [1.82, 2.24) is 0 Å². The Labute approximate surface area is 168 Å². The average molecular weight is 387 g/mol. The molecule has 2 atom stereocenters. The third kappa shape index (κ3) is 4.18. The number of hydrogen-bond donors (Lipinski definition) is 1. The molecule has 1 aromatic carbocycles. The minimum absolute atomic E-state index is 0.0352. The maximum absolute atomic E-state index is 9.63. The van der Waals surface area contributed by atoms with Crippen LogP contribution >= 0.6 is 0 Å². The molecule has 0 aliphatic carbocycles. The molecular weight excluding hydrogens is 352 g/mol. The minimum atomic E-state index is -0.572. The molecule has 5 nitrogen and oxygen atoms in total. The summed E-state index contributed by atoms with van der Waals surface area (Å²) in [6, 6.07) is 7.51. The van der Waals surface area contributed by atoms with Crippen molar-refractivity contribution in [3.63, 3.8) is 0 Å². The first-order valence-electron chi connectivity index (χ1n) is 10.1. The number of aliphatic imine (C=N–C) groups is 2. The molecule has 5 heteroatoms. The fraction of sp³-hybridized carbons (Fsp3) is 0.652. The highest BCUT2D eigenvalue weighted by Gasteiger charge is 2.47. The topological polar surface area (TPSA) is 63.4 Å². The van der Waals surface area contributed by atoms with E-state index in [-0.39, 0.29) is 28.7 Å². The first-order chi connectivity index (χ1) is 12.9. The predicted molar refractivity (Wildman–Crippen MR) is 113 cm³/mol. The van der Waals surface area contributed by atoms with Crippen LogP contribution in [0.25, 0.3) is 0 Å². The molecule has 0 bridgehead atoms. The first-order valence-corrected chi connectivity index (χ1v) is 10.1. The molecule has 0 radical (unpaired) electrons. The van der Waals surface area contributed by atoms with Gasteiger partial charge in [-0.3, -0.25) is 0 Å². The van der Waals surface area contributed by atoms with Gasteiger partial charge in [-0.15, -0.1) is 0 Å². The summed E-state index contributed by atoms with van der Waals surface area (Å²) in [6.45, 7) is 16.4. The summed E-state index contributed by atoms with van der Waals surface area (Å²) in [5.74, 6) is 1.66. The molecule has 1 N–H and O–H groups in total. The SMILES string of the molecule is CC(Cc1ccc(O)cc1)(C1=N[C@@H](C(C)(C)C)CO1)C1=N[C@@H](C(C)(C)C)CO1. The quantitative estimate of drug-likeness (QED) is 0.821. The Bertz CT molecular complexity index is 727. The van der Waals surface area contributed by atoms with Crippen molar-refractivity contribution in [1.29, 1.82) is 0 Å². The second-order valence-electron chi connectivity index (χ2n) is 10.4. The van der Waals surface area contributed by atoms with Crippen LogP contribution in [0.3, 0.4) is 0 Å². The van der Waals surface area contributed by atoms with Gasteiger partial charge in [-0.25, -0.2) is 9.98 Å². The van der Waals surface area contributed by atoms with E-state index in [1.54, 1.807) is 12.1 Å². The fourth-order valence-electron chi connectivity index (χ4n) is 3.50. The van der Waals surface area contributed by atoms with Crippen LogP contribution in [0.15, 0.2) is 34.3 Å². The number of phenols is 1. The molecule has 2 aliphatic rings. The van der Waals surface area contributed by atoms with Gasteiger partial charge in [0, 0.05) is 0 Å². The van der Waals surface area contributed by atoms with Crippen LogP contribution in [-0.2, 0) is 15.9 Å². The monoisotopic (exact) mass is 386 g/mol. The molecule has 0 saturated heterocycles.